The average Bonchev–Trinajstić information content (AvgIpc) is 2.95. The van der Waals surface area contributed by atoms with Crippen molar-refractivity contribution >= 4 is 73.1 Å². The van der Waals surface area contributed by atoms with Crippen molar-refractivity contribution in [2.45, 2.75) is 39.1 Å². The number of aromatic nitrogens is 1. The first-order valence-corrected chi connectivity index (χ1v) is 15.2. The van der Waals surface area contributed by atoms with Crippen LogP contribution in [0.25, 0.3) is 10.8 Å². The molecule has 0 saturated heterocycles. The Labute approximate surface area is 266 Å². The Kier molecular flexibility index (Phi) is 11.1. The molecular weight excluding hydrogens is 715 g/mol. The topological polar surface area (TPSA) is 110 Å². The lowest BCUT2D eigenvalue weighted by Gasteiger charge is -2.21. The summed E-state index contributed by atoms with van der Waals surface area (Å²) < 4.78 is 14.8. The number of carbonyl (C=O) groups is 3. The van der Waals surface area contributed by atoms with E-state index in [1.807, 2.05) is 71.4 Å². The van der Waals surface area contributed by atoms with Crippen LogP contribution in [0.3, 0.4) is 0 Å². The second-order valence-corrected chi connectivity index (χ2v) is 11.6. The normalized spacial score (nSPS) is 12.2. The molecule has 0 fully saturated rings. The van der Waals surface area contributed by atoms with Crippen molar-refractivity contribution in [3.63, 3.8) is 0 Å². The van der Waals surface area contributed by atoms with E-state index in [2.05, 4.69) is 61.4 Å². The minimum atomic E-state index is -0.991. The number of halogens is 2. The summed E-state index contributed by atoms with van der Waals surface area (Å²) in [5.41, 5.74) is 1.76. The van der Waals surface area contributed by atoms with Crippen LogP contribution in [0.5, 0.6) is 0 Å². The predicted octanol–water partition coefficient (Wildman–Crippen LogP) is 6.70. The highest BCUT2D eigenvalue weighted by atomic mass is 127. The van der Waals surface area contributed by atoms with Gasteiger partial charge in [-0.2, -0.15) is 0 Å². The lowest BCUT2D eigenvalue weighted by atomic mass is 10.1. The minimum absolute atomic E-state index is 0.0317. The van der Waals surface area contributed by atoms with Crippen molar-refractivity contribution in [1.82, 2.24) is 10.6 Å². The third-order valence-corrected chi connectivity index (χ3v) is 7.35. The van der Waals surface area contributed by atoms with Gasteiger partial charge in [0.05, 0.1) is 16.7 Å². The van der Waals surface area contributed by atoms with Gasteiger partial charge in [0, 0.05) is 15.4 Å². The lowest BCUT2D eigenvalue weighted by molar-refractivity contribution is -0.697. The Bertz CT molecular complexity index is 1560. The van der Waals surface area contributed by atoms with Gasteiger partial charge in [0.1, 0.15) is 18.2 Å². The predicted molar refractivity (Wildman–Crippen MR) is 172 cm³/mol. The molecular formula is C31H31BrIN4O5+. The number of hydrogen-bond acceptors (Lipinski definition) is 5. The largest absolute Gasteiger partial charge is 0.439 e. The molecule has 0 bridgehead atoms. The number of aryl methyl sites for hydroxylation is 1. The average molecular weight is 746 g/mol. The molecule has 4 rings (SSSR count). The van der Waals surface area contributed by atoms with E-state index in [0.29, 0.717) is 16.8 Å². The van der Waals surface area contributed by atoms with Gasteiger partial charge < -0.3 is 14.8 Å². The Morgan fingerprint density at radius 1 is 0.952 bits per heavy atom. The summed E-state index contributed by atoms with van der Waals surface area (Å²) in [6.07, 6.45) is 1.30. The van der Waals surface area contributed by atoms with Crippen LogP contribution in [-0.4, -0.2) is 30.9 Å². The number of fused-ring (bicyclic) bond motifs is 1. The Balaban J connectivity index is 1.37. The summed E-state index contributed by atoms with van der Waals surface area (Å²) in [5.74, 6) is -0.303. The summed E-state index contributed by atoms with van der Waals surface area (Å²) in [6.45, 7) is 4.38. The first-order chi connectivity index (χ1) is 20.2. The fraction of sp³-hybridized carbons (Fsp3) is 0.226. The van der Waals surface area contributed by atoms with Crippen LogP contribution in [0.1, 0.15) is 42.3 Å². The molecule has 0 radical (unpaired) electrons. The van der Waals surface area contributed by atoms with E-state index in [1.54, 1.807) is 18.3 Å². The number of amides is 3. The van der Waals surface area contributed by atoms with Crippen LogP contribution >= 0.6 is 38.5 Å². The molecule has 2 unspecified atom stereocenters. The quantitative estimate of drug-likeness (QED) is 0.0952. The summed E-state index contributed by atoms with van der Waals surface area (Å²) in [6, 6.07) is 22.4. The highest BCUT2D eigenvalue weighted by Crippen LogP contribution is 2.23. The molecule has 3 amide bonds. The van der Waals surface area contributed by atoms with E-state index >= 15 is 0 Å². The molecule has 9 nitrogen and oxygen atoms in total. The molecule has 3 aromatic carbocycles. The fourth-order valence-corrected chi connectivity index (χ4v) is 5.16. The first kappa shape index (κ1) is 31.2. The van der Waals surface area contributed by atoms with Crippen molar-refractivity contribution in [3.8, 4) is 0 Å². The van der Waals surface area contributed by atoms with Crippen molar-refractivity contribution < 1.29 is 28.4 Å². The zero-order chi connectivity index (χ0) is 30.1. The van der Waals surface area contributed by atoms with Crippen LogP contribution in [0, 0.1) is 3.57 Å². The number of nitrogens with one attached hydrogen (secondary N) is 3. The number of hydrogen-bond donors (Lipinski definition) is 3. The van der Waals surface area contributed by atoms with Crippen LogP contribution < -0.4 is 20.5 Å². The number of anilines is 1. The van der Waals surface area contributed by atoms with Crippen molar-refractivity contribution in [1.29, 1.82) is 0 Å². The number of benzene rings is 3. The lowest BCUT2D eigenvalue weighted by Crippen LogP contribution is -2.40. The smallest absolute Gasteiger partial charge is 0.413 e. The highest BCUT2D eigenvalue weighted by Gasteiger charge is 2.22. The van der Waals surface area contributed by atoms with E-state index in [0.717, 1.165) is 31.8 Å². The summed E-state index contributed by atoms with van der Waals surface area (Å²) in [4.78, 5) is 38.4. The molecule has 2 atom stereocenters. The maximum absolute atomic E-state index is 13.0. The summed E-state index contributed by atoms with van der Waals surface area (Å²) >= 11 is 5.64. The summed E-state index contributed by atoms with van der Waals surface area (Å²) in [5, 5.41) is 9.94. The number of nitrogens with zero attached hydrogens (tertiary/aromatic N) is 1. The minimum Gasteiger partial charge on any atom is -0.439 e. The molecule has 1 heterocycles. The fourth-order valence-electron chi connectivity index (χ4n) is 4.29. The first-order valence-electron chi connectivity index (χ1n) is 13.4. The standard InChI is InChI=1S/C31H30BrIN4O5/c1-3-15-37-18-23(16-24(32)19-37)29(38)34-17-28(22-11-13-25(33)14-12-22)42-30(39)35-20(2)41-31(40)36-27-10-6-8-21-7-4-5-9-26(21)27/h4-14,16,18-20,28H,3,15,17H2,1-2H3,(H2-,34,35,36,38,39,40)/p+1. The van der Waals surface area contributed by atoms with Crippen molar-refractivity contribution in [2.24, 2.45) is 0 Å². The van der Waals surface area contributed by atoms with Crippen molar-refractivity contribution in [2.75, 3.05) is 11.9 Å². The van der Waals surface area contributed by atoms with Gasteiger partial charge in [0.2, 0.25) is 0 Å². The van der Waals surface area contributed by atoms with E-state index < -0.39 is 24.5 Å². The van der Waals surface area contributed by atoms with Gasteiger partial charge in [0.25, 0.3) is 5.91 Å². The summed E-state index contributed by atoms with van der Waals surface area (Å²) in [7, 11) is 0. The van der Waals surface area contributed by atoms with Crippen LogP contribution in [-0.2, 0) is 16.0 Å². The van der Waals surface area contributed by atoms with Gasteiger partial charge in [-0.15, -0.1) is 0 Å². The molecule has 4 aromatic rings. The van der Waals surface area contributed by atoms with Gasteiger partial charge >= 0.3 is 12.2 Å². The number of ether oxygens (including phenoxy) is 2. The third kappa shape index (κ3) is 8.89. The molecule has 0 aliphatic rings. The van der Waals surface area contributed by atoms with Crippen LogP contribution in [0.2, 0.25) is 0 Å². The molecule has 218 valence electrons. The van der Waals surface area contributed by atoms with E-state index in [9.17, 15) is 14.4 Å². The van der Waals surface area contributed by atoms with Crippen LogP contribution in [0.15, 0.2) is 89.7 Å². The molecule has 11 heteroatoms. The van der Waals surface area contributed by atoms with Crippen molar-refractivity contribution in [3.05, 3.63) is 104 Å². The van der Waals surface area contributed by atoms with Gasteiger partial charge in [0.15, 0.2) is 18.6 Å². The van der Waals surface area contributed by atoms with E-state index in [4.69, 9.17) is 9.47 Å². The number of pyridine rings is 1. The SMILES string of the molecule is CCC[n+]1cc(Br)cc(C(=O)NCC(OC(=O)NC(C)OC(=O)Nc2cccc3ccccc23)c2ccc(I)cc2)c1. The van der Waals surface area contributed by atoms with Crippen LogP contribution in [0.4, 0.5) is 15.3 Å². The monoisotopic (exact) mass is 745 g/mol. The number of carbonyl (C=O) groups excluding carboxylic acids is 3. The van der Waals surface area contributed by atoms with Gasteiger partial charge in [-0.1, -0.05) is 55.5 Å². The maximum Gasteiger partial charge on any atom is 0.413 e. The second kappa shape index (κ2) is 15.0. The zero-order valence-corrected chi connectivity index (χ0v) is 26.8. The molecule has 1 aromatic heterocycles. The molecule has 0 saturated carbocycles. The molecule has 0 spiro atoms. The van der Waals surface area contributed by atoms with E-state index in [-0.39, 0.29) is 12.5 Å². The second-order valence-electron chi connectivity index (χ2n) is 9.48. The Hall–Kier alpha value is -3.71. The zero-order valence-electron chi connectivity index (χ0n) is 23.1. The van der Waals surface area contributed by atoms with E-state index in [1.165, 1.54) is 6.92 Å². The van der Waals surface area contributed by atoms with Gasteiger partial charge in [-0.05, 0) is 80.7 Å². The third-order valence-electron chi connectivity index (χ3n) is 6.20. The molecule has 3 N–H and O–H groups in total. The highest BCUT2D eigenvalue weighted by molar-refractivity contribution is 14.1. The molecule has 0 aliphatic heterocycles. The number of alkyl carbamates (subject to hydrolysis) is 1. The van der Waals surface area contributed by atoms with Gasteiger partial charge in [-0.25, -0.2) is 14.2 Å². The Morgan fingerprint density at radius 3 is 2.45 bits per heavy atom. The molecule has 42 heavy (non-hydrogen) atoms. The molecule has 0 aliphatic carbocycles. The number of rotatable bonds is 10. The maximum atomic E-state index is 13.0. The van der Waals surface area contributed by atoms with Gasteiger partial charge in [-0.3, -0.25) is 15.4 Å². The Morgan fingerprint density at radius 2 is 1.69 bits per heavy atom.